The normalized spacial score (nSPS) is 40.8. The van der Waals surface area contributed by atoms with Gasteiger partial charge in [0.15, 0.2) is 0 Å². The van der Waals surface area contributed by atoms with Crippen LogP contribution in [0.1, 0.15) is 65.7 Å². The lowest BCUT2D eigenvalue weighted by Crippen LogP contribution is -2.54. The lowest BCUT2D eigenvalue weighted by Gasteiger charge is -2.45. The van der Waals surface area contributed by atoms with Crippen molar-refractivity contribution in [3.63, 3.8) is 0 Å². The summed E-state index contributed by atoms with van der Waals surface area (Å²) in [6.45, 7) is 6.99. The van der Waals surface area contributed by atoms with Crippen LogP contribution in [-0.2, 0) is 10.8 Å². The van der Waals surface area contributed by atoms with Crippen LogP contribution in [0, 0.1) is 11.3 Å². The van der Waals surface area contributed by atoms with Crippen molar-refractivity contribution in [2.75, 3.05) is 7.05 Å². The second kappa shape index (κ2) is 6.26. The van der Waals surface area contributed by atoms with Crippen LogP contribution < -0.4 is 5.32 Å². The van der Waals surface area contributed by atoms with Crippen LogP contribution in [0.25, 0.3) is 0 Å². The summed E-state index contributed by atoms with van der Waals surface area (Å²) in [5.41, 5.74) is 0.285. The van der Waals surface area contributed by atoms with Crippen molar-refractivity contribution in [2.24, 2.45) is 11.3 Å². The fourth-order valence-corrected chi connectivity index (χ4v) is 6.83. The van der Waals surface area contributed by atoms with Gasteiger partial charge < -0.3 is 5.32 Å². The lowest BCUT2D eigenvalue weighted by atomic mass is 9.73. The Morgan fingerprint density at radius 3 is 2.53 bits per heavy atom. The maximum Gasteiger partial charge on any atom is 0.0509 e. The van der Waals surface area contributed by atoms with E-state index in [1.165, 1.54) is 38.5 Å². The third-order valence-corrected chi connectivity index (χ3v) is 7.54. The number of nitrogens with one attached hydrogen (secondary N) is 1. The Hall–Kier alpha value is 0.110. The Morgan fingerprint density at radius 2 is 1.89 bits per heavy atom. The van der Waals surface area contributed by atoms with Crippen molar-refractivity contribution in [3.8, 4) is 0 Å². The van der Waals surface area contributed by atoms with E-state index in [1.54, 1.807) is 0 Å². The molecule has 3 heteroatoms. The highest BCUT2D eigenvalue weighted by atomic mass is 32.2. The molecule has 2 aliphatic rings. The van der Waals surface area contributed by atoms with Crippen LogP contribution in [0.5, 0.6) is 0 Å². The van der Waals surface area contributed by atoms with Gasteiger partial charge in [0.25, 0.3) is 0 Å². The summed E-state index contributed by atoms with van der Waals surface area (Å²) in [7, 11) is 1.39. The third-order valence-electron chi connectivity index (χ3n) is 5.35. The molecule has 0 heterocycles. The third kappa shape index (κ3) is 3.41. The second-order valence-electron chi connectivity index (χ2n) is 7.41. The van der Waals surface area contributed by atoms with Crippen LogP contribution in [0.2, 0.25) is 0 Å². The van der Waals surface area contributed by atoms with Gasteiger partial charge in [0.2, 0.25) is 0 Å². The molecule has 0 radical (unpaired) electrons. The quantitative estimate of drug-likeness (QED) is 0.860. The highest BCUT2D eigenvalue weighted by molar-refractivity contribution is 7.86. The Bertz CT molecular complexity index is 329. The molecule has 2 saturated carbocycles. The molecule has 0 aromatic carbocycles. The van der Waals surface area contributed by atoms with Gasteiger partial charge in [-0.2, -0.15) is 0 Å². The first-order valence-corrected chi connectivity index (χ1v) is 9.30. The van der Waals surface area contributed by atoms with Gasteiger partial charge in [-0.1, -0.05) is 40.0 Å². The summed E-state index contributed by atoms with van der Waals surface area (Å²) in [5.74, 6) is 0.771. The van der Waals surface area contributed by atoms with E-state index in [0.717, 1.165) is 12.3 Å². The minimum atomic E-state index is -0.653. The van der Waals surface area contributed by atoms with Gasteiger partial charge in [-0.3, -0.25) is 4.21 Å². The Labute approximate surface area is 121 Å². The Morgan fingerprint density at radius 1 is 1.16 bits per heavy atom. The summed E-state index contributed by atoms with van der Waals surface area (Å²) in [6.07, 6.45) is 8.62. The first-order valence-electron chi connectivity index (χ1n) is 8.02. The topological polar surface area (TPSA) is 29.1 Å². The number of hydrogen-bond acceptors (Lipinski definition) is 2. The van der Waals surface area contributed by atoms with Gasteiger partial charge in [-0.15, -0.1) is 0 Å². The minimum Gasteiger partial charge on any atom is -0.315 e. The van der Waals surface area contributed by atoms with Crippen LogP contribution in [0.4, 0.5) is 0 Å². The maximum atomic E-state index is 13.0. The van der Waals surface area contributed by atoms with E-state index in [2.05, 4.69) is 26.1 Å². The van der Waals surface area contributed by atoms with E-state index in [1.807, 2.05) is 7.05 Å². The first-order chi connectivity index (χ1) is 8.95. The zero-order chi connectivity index (χ0) is 14.0. The van der Waals surface area contributed by atoms with E-state index in [-0.39, 0.29) is 5.41 Å². The van der Waals surface area contributed by atoms with Crippen molar-refractivity contribution < 1.29 is 4.21 Å². The molecule has 2 fully saturated rings. The molecule has 0 amide bonds. The van der Waals surface area contributed by atoms with Crippen LogP contribution in [-0.4, -0.2) is 27.8 Å². The largest absolute Gasteiger partial charge is 0.315 e. The summed E-state index contributed by atoms with van der Waals surface area (Å²) < 4.78 is 13.0. The molecule has 0 bridgehead atoms. The molecule has 0 saturated heterocycles. The van der Waals surface area contributed by atoms with E-state index < -0.39 is 10.8 Å². The van der Waals surface area contributed by atoms with Gasteiger partial charge in [-0.25, -0.2) is 0 Å². The lowest BCUT2D eigenvalue weighted by molar-refractivity contribution is 0.180. The molecule has 0 aromatic rings. The predicted molar refractivity (Wildman–Crippen MR) is 83.8 cm³/mol. The molecule has 0 aliphatic heterocycles. The number of rotatable bonds is 3. The van der Waals surface area contributed by atoms with Gasteiger partial charge in [0.1, 0.15) is 0 Å². The monoisotopic (exact) mass is 285 g/mol. The number of hydrogen-bond donors (Lipinski definition) is 1. The summed E-state index contributed by atoms with van der Waals surface area (Å²) in [6, 6.07) is 0.416. The molecule has 112 valence electrons. The second-order valence-corrected chi connectivity index (χ2v) is 9.34. The molecular weight excluding hydrogens is 254 g/mol. The van der Waals surface area contributed by atoms with Crippen LogP contribution >= 0.6 is 0 Å². The smallest absolute Gasteiger partial charge is 0.0509 e. The maximum absolute atomic E-state index is 13.0. The van der Waals surface area contributed by atoms with E-state index in [9.17, 15) is 4.21 Å². The fourth-order valence-electron chi connectivity index (χ4n) is 4.25. The highest BCUT2D eigenvalue weighted by Gasteiger charge is 2.42. The fraction of sp³-hybridized carbons (Fsp3) is 1.00. The van der Waals surface area contributed by atoms with Gasteiger partial charge in [0, 0.05) is 22.1 Å². The zero-order valence-electron chi connectivity index (χ0n) is 13.1. The molecule has 0 spiro atoms. The van der Waals surface area contributed by atoms with Crippen molar-refractivity contribution in [2.45, 2.75) is 82.3 Å². The summed E-state index contributed by atoms with van der Waals surface area (Å²) in [5, 5.41) is 4.30. The highest BCUT2D eigenvalue weighted by Crippen LogP contribution is 2.40. The summed E-state index contributed by atoms with van der Waals surface area (Å²) >= 11 is 0. The van der Waals surface area contributed by atoms with Crippen molar-refractivity contribution in [3.05, 3.63) is 0 Å². The average Bonchev–Trinajstić information content (AvgIpc) is 2.36. The molecule has 1 N–H and O–H groups in total. The molecule has 2 aliphatic carbocycles. The van der Waals surface area contributed by atoms with E-state index >= 15 is 0 Å². The van der Waals surface area contributed by atoms with Gasteiger partial charge in [0.05, 0.1) is 5.25 Å². The predicted octanol–water partition coefficient (Wildman–Crippen LogP) is 3.48. The first kappa shape index (κ1) is 15.5. The summed E-state index contributed by atoms with van der Waals surface area (Å²) in [4.78, 5) is 0. The van der Waals surface area contributed by atoms with E-state index in [0.29, 0.717) is 16.5 Å². The van der Waals surface area contributed by atoms with Gasteiger partial charge >= 0.3 is 0 Å². The molecule has 2 rings (SSSR count). The molecular formula is C16H31NOS. The molecule has 19 heavy (non-hydrogen) atoms. The van der Waals surface area contributed by atoms with Crippen molar-refractivity contribution in [1.82, 2.24) is 5.32 Å². The van der Waals surface area contributed by atoms with Crippen LogP contribution in [0.15, 0.2) is 0 Å². The van der Waals surface area contributed by atoms with E-state index in [4.69, 9.17) is 0 Å². The molecule has 5 unspecified atom stereocenters. The van der Waals surface area contributed by atoms with Crippen LogP contribution in [0.3, 0.4) is 0 Å². The Kier molecular flexibility index (Phi) is 5.10. The molecule has 2 nitrogen and oxygen atoms in total. The molecule has 5 atom stereocenters. The SMILES string of the molecule is CNC1C(S(=O)C2CCCC(C)C2)CCCC1(C)C. The molecule has 0 aromatic heterocycles. The minimum absolute atomic E-state index is 0.285. The standard InChI is InChI=1S/C16H31NOS/c1-12-7-5-8-13(11-12)19(18)14-9-6-10-16(2,3)15(14)17-4/h12-15,17H,5-11H2,1-4H3. The average molecular weight is 285 g/mol. The van der Waals surface area contributed by atoms with Gasteiger partial charge in [-0.05, 0) is 44.1 Å². The zero-order valence-corrected chi connectivity index (χ0v) is 13.9. The van der Waals surface area contributed by atoms with Crippen molar-refractivity contribution >= 4 is 10.8 Å². The van der Waals surface area contributed by atoms with Crippen molar-refractivity contribution in [1.29, 1.82) is 0 Å². The Balaban J connectivity index is 2.08.